The molecule has 6 heteroatoms. The number of benzene rings is 1. The van der Waals surface area contributed by atoms with Crippen molar-refractivity contribution in [2.45, 2.75) is 21.6 Å². The van der Waals surface area contributed by atoms with Gasteiger partial charge >= 0.3 is 0 Å². The van der Waals surface area contributed by atoms with Crippen LogP contribution in [0.3, 0.4) is 0 Å². The first-order chi connectivity index (χ1) is 11.9. The number of hydrogen-bond donors (Lipinski definition) is 1. The number of nitrogens with zero attached hydrogens (tertiary/aromatic N) is 2. The van der Waals surface area contributed by atoms with Crippen molar-refractivity contribution in [1.82, 2.24) is 15.0 Å². The van der Waals surface area contributed by atoms with Gasteiger partial charge in [-0.15, -0.1) is 23.1 Å². The third kappa shape index (κ3) is 3.83. The number of aromatic nitrogens is 3. The number of fused-ring (bicyclic) bond motifs is 1. The van der Waals surface area contributed by atoms with E-state index in [-0.39, 0.29) is 0 Å². The first-order valence-electron chi connectivity index (χ1n) is 7.54. The van der Waals surface area contributed by atoms with Crippen LogP contribution < -0.4 is 0 Å². The summed E-state index contributed by atoms with van der Waals surface area (Å²) in [5.74, 6) is 1.82. The molecule has 0 aliphatic rings. The number of rotatable bonds is 6. The average molecular weight is 370 g/mol. The minimum atomic E-state index is 0.813. The van der Waals surface area contributed by atoms with Gasteiger partial charge in [0.25, 0.3) is 0 Å². The fraction of sp³-hybridized carbons (Fsp3) is 0.111. The SMILES string of the molecule is c1csc(CSc2ccnc(CSc3nc4ccccc4[nH]3)c2)c1. The van der Waals surface area contributed by atoms with Gasteiger partial charge < -0.3 is 4.98 Å². The maximum Gasteiger partial charge on any atom is 0.166 e. The molecule has 0 saturated carbocycles. The van der Waals surface area contributed by atoms with Crippen molar-refractivity contribution in [3.8, 4) is 0 Å². The van der Waals surface area contributed by atoms with Gasteiger partial charge in [0.05, 0.1) is 16.7 Å². The summed E-state index contributed by atoms with van der Waals surface area (Å²) >= 11 is 5.35. The minimum absolute atomic E-state index is 0.813. The Balaban J connectivity index is 1.40. The first kappa shape index (κ1) is 15.7. The maximum absolute atomic E-state index is 4.60. The fourth-order valence-electron chi connectivity index (χ4n) is 2.31. The van der Waals surface area contributed by atoms with Gasteiger partial charge in [-0.25, -0.2) is 4.98 Å². The van der Waals surface area contributed by atoms with Crippen LogP contribution >= 0.6 is 34.9 Å². The maximum atomic E-state index is 4.60. The fourth-order valence-corrected chi connectivity index (χ4v) is 4.82. The van der Waals surface area contributed by atoms with Gasteiger partial charge in [-0.05, 0) is 35.7 Å². The lowest BCUT2D eigenvalue weighted by molar-refractivity contribution is 1.07. The molecule has 0 radical (unpaired) electrons. The van der Waals surface area contributed by atoms with Gasteiger partial charge in [0.15, 0.2) is 5.16 Å². The summed E-state index contributed by atoms with van der Waals surface area (Å²) in [7, 11) is 0. The molecular weight excluding hydrogens is 354 g/mol. The van der Waals surface area contributed by atoms with Crippen molar-refractivity contribution in [3.63, 3.8) is 0 Å². The van der Waals surface area contributed by atoms with E-state index in [0.717, 1.165) is 33.4 Å². The highest BCUT2D eigenvalue weighted by Crippen LogP contribution is 2.27. The summed E-state index contributed by atoms with van der Waals surface area (Å²) in [5, 5.41) is 3.06. The Morgan fingerprint density at radius 2 is 1.96 bits per heavy atom. The van der Waals surface area contributed by atoms with Gasteiger partial charge in [0.2, 0.25) is 0 Å². The minimum Gasteiger partial charge on any atom is -0.333 e. The number of thioether (sulfide) groups is 2. The second-order valence-electron chi connectivity index (χ2n) is 5.20. The first-order valence-corrected chi connectivity index (χ1v) is 10.4. The molecule has 0 amide bonds. The molecule has 0 spiro atoms. The van der Waals surface area contributed by atoms with Crippen molar-refractivity contribution in [3.05, 3.63) is 70.7 Å². The average Bonchev–Trinajstić information content (AvgIpc) is 3.27. The van der Waals surface area contributed by atoms with Crippen LogP contribution in [-0.4, -0.2) is 15.0 Å². The highest BCUT2D eigenvalue weighted by atomic mass is 32.2. The molecule has 3 nitrogen and oxygen atoms in total. The van der Waals surface area contributed by atoms with Crippen LogP contribution in [0.5, 0.6) is 0 Å². The highest BCUT2D eigenvalue weighted by Gasteiger charge is 2.05. The Morgan fingerprint density at radius 1 is 1.00 bits per heavy atom. The molecule has 0 aliphatic heterocycles. The predicted octanol–water partition coefficient (Wildman–Crippen LogP) is 5.60. The van der Waals surface area contributed by atoms with Crippen LogP contribution in [0.15, 0.2) is 70.2 Å². The molecule has 0 atom stereocenters. The molecule has 0 bridgehead atoms. The molecule has 0 aliphatic carbocycles. The molecule has 24 heavy (non-hydrogen) atoms. The number of H-pyrrole nitrogens is 1. The van der Waals surface area contributed by atoms with E-state index >= 15 is 0 Å². The summed E-state index contributed by atoms with van der Waals surface area (Å²) in [5.41, 5.74) is 3.16. The van der Waals surface area contributed by atoms with Gasteiger partial charge in [-0.1, -0.05) is 30.0 Å². The number of para-hydroxylation sites is 2. The van der Waals surface area contributed by atoms with Crippen molar-refractivity contribution < 1.29 is 0 Å². The van der Waals surface area contributed by atoms with Crippen molar-refractivity contribution in [2.24, 2.45) is 0 Å². The standard InChI is InChI=1S/C18H15N3S3/c1-2-6-17-16(5-1)20-18(21-17)24-11-13-10-14(7-8-19-13)23-12-15-4-3-9-22-15/h1-10H,11-12H2,(H,20,21). The van der Waals surface area contributed by atoms with E-state index in [1.807, 2.05) is 42.2 Å². The van der Waals surface area contributed by atoms with Crippen LogP contribution in [0, 0.1) is 0 Å². The number of thiophene rings is 1. The van der Waals surface area contributed by atoms with Gasteiger partial charge in [0.1, 0.15) is 0 Å². The number of hydrogen-bond acceptors (Lipinski definition) is 5. The summed E-state index contributed by atoms with van der Waals surface area (Å²) in [6.07, 6.45) is 1.89. The number of aromatic amines is 1. The number of pyridine rings is 1. The van der Waals surface area contributed by atoms with Gasteiger partial charge in [-0.2, -0.15) is 0 Å². The highest BCUT2D eigenvalue weighted by molar-refractivity contribution is 7.98. The van der Waals surface area contributed by atoms with E-state index in [2.05, 4.69) is 44.6 Å². The Hall–Kier alpha value is -1.76. The topological polar surface area (TPSA) is 41.6 Å². The van der Waals surface area contributed by atoms with Crippen LogP contribution in [0.1, 0.15) is 10.6 Å². The third-order valence-electron chi connectivity index (χ3n) is 3.47. The summed E-state index contributed by atoms with van der Waals surface area (Å²) in [6.45, 7) is 0. The lowest BCUT2D eigenvalue weighted by atomic mass is 10.3. The molecule has 1 N–H and O–H groups in total. The van der Waals surface area contributed by atoms with E-state index in [1.165, 1.54) is 9.77 Å². The molecular formula is C18H15N3S3. The Bertz CT molecular complexity index is 899. The zero-order chi connectivity index (χ0) is 16.2. The quantitative estimate of drug-likeness (QED) is 0.449. The summed E-state index contributed by atoms with van der Waals surface area (Å²) in [6, 6.07) is 16.6. The molecule has 0 unspecified atom stereocenters. The Kier molecular flexibility index (Phi) is 4.87. The summed E-state index contributed by atoms with van der Waals surface area (Å²) in [4.78, 5) is 15.1. The Morgan fingerprint density at radius 3 is 2.83 bits per heavy atom. The Labute approximate surface area is 152 Å². The van der Waals surface area contributed by atoms with Crippen LogP contribution in [0.4, 0.5) is 0 Å². The lowest BCUT2D eigenvalue weighted by Gasteiger charge is -2.03. The molecule has 4 aromatic rings. The van der Waals surface area contributed by atoms with Crippen molar-refractivity contribution in [2.75, 3.05) is 0 Å². The van der Waals surface area contributed by atoms with E-state index < -0.39 is 0 Å². The van der Waals surface area contributed by atoms with Crippen LogP contribution in [-0.2, 0) is 11.5 Å². The molecule has 1 aromatic carbocycles. The molecule has 0 fully saturated rings. The molecule has 120 valence electrons. The molecule has 3 heterocycles. The van der Waals surface area contributed by atoms with E-state index in [1.54, 1.807) is 23.1 Å². The van der Waals surface area contributed by atoms with Crippen molar-refractivity contribution in [1.29, 1.82) is 0 Å². The third-order valence-corrected chi connectivity index (χ3v) is 6.48. The largest absolute Gasteiger partial charge is 0.333 e. The molecule has 4 rings (SSSR count). The molecule has 0 saturated heterocycles. The zero-order valence-corrected chi connectivity index (χ0v) is 15.3. The van der Waals surface area contributed by atoms with E-state index in [0.29, 0.717) is 0 Å². The number of imidazole rings is 1. The van der Waals surface area contributed by atoms with Crippen molar-refractivity contribution >= 4 is 45.9 Å². The number of nitrogens with one attached hydrogen (secondary N) is 1. The second-order valence-corrected chi connectivity index (χ2v) is 8.24. The smallest absolute Gasteiger partial charge is 0.166 e. The predicted molar refractivity (Wildman–Crippen MR) is 104 cm³/mol. The lowest BCUT2D eigenvalue weighted by Crippen LogP contribution is -1.88. The van der Waals surface area contributed by atoms with Gasteiger partial charge in [0, 0.05) is 27.5 Å². The molecule has 3 aromatic heterocycles. The monoisotopic (exact) mass is 369 g/mol. The van der Waals surface area contributed by atoms with E-state index in [9.17, 15) is 0 Å². The zero-order valence-electron chi connectivity index (χ0n) is 12.8. The van der Waals surface area contributed by atoms with Crippen LogP contribution in [0.25, 0.3) is 11.0 Å². The second kappa shape index (κ2) is 7.42. The van der Waals surface area contributed by atoms with Crippen LogP contribution in [0.2, 0.25) is 0 Å². The normalized spacial score (nSPS) is 11.2. The van der Waals surface area contributed by atoms with Gasteiger partial charge in [-0.3, -0.25) is 4.98 Å². The van der Waals surface area contributed by atoms with E-state index in [4.69, 9.17) is 0 Å². The summed E-state index contributed by atoms with van der Waals surface area (Å²) < 4.78 is 0.